The molecule has 0 unspecified atom stereocenters. The zero-order valence-corrected chi connectivity index (χ0v) is 13.8. The quantitative estimate of drug-likeness (QED) is 0.758. The molecule has 2 N–H and O–H groups in total. The van der Waals surface area contributed by atoms with Crippen molar-refractivity contribution in [3.63, 3.8) is 0 Å². The Balaban J connectivity index is 1.59. The summed E-state index contributed by atoms with van der Waals surface area (Å²) in [5.41, 5.74) is 1.33. The van der Waals surface area contributed by atoms with Gasteiger partial charge in [0.25, 0.3) is 0 Å². The van der Waals surface area contributed by atoms with Crippen molar-refractivity contribution in [2.24, 2.45) is 5.92 Å². The fourth-order valence-electron chi connectivity index (χ4n) is 3.05. The Morgan fingerprint density at radius 1 is 1.36 bits per heavy atom. The van der Waals surface area contributed by atoms with Gasteiger partial charge in [0.1, 0.15) is 0 Å². The highest BCUT2D eigenvalue weighted by Gasteiger charge is 2.24. The van der Waals surface area contributed by atoms with E-state index in [1.807, 2.05) is 6.07 Å². The number of carbonyl (C=O) groups is 1. The van der Waals surface area contributed by atoms with Gasteiger partial charge in [0, 0.05) is 25.0 Å². The van der Waals surface area contributed by atoms with Crippen molar-refractivity contribution in [1.82, 2.24) is 15.5 Å². The molecular formula is C18H29N3O. The zero-order chi connectivity index (χ0) is 15.8. The lowest BCUT2D eigenvalue weighted by Gasteiger charge is -2.27. The number of hydrogen-bond acceptors (Lipinski definition) is 3. The molecule has 1 aliphatic heterocycles. The Morgan fingerprint density at radius 3 is 2.86 bits per heavy atom. The van der Waals surface area contributed by atoms with Crippen LogP contribution in [0.5, 0.6) is 0 Å². The van der Waals surface area contributed by atoms with Crippen molar-refractivity contribution < 1.29 is 4.79 Å². The maximum atomic E-state index is 12.1. The molecular weight excluding hydrogens is 274 g/mol. The summed E-state index contributed by atoms with van der Waals surface area (Å²) in [7, 11) is 2.13. The average Bonchev–Trinajstić information content (AvgIpc) is 2.52. The van der Waals surface area contributed by atoms with Gasteiger partial charge >= 0.3 is 0 Å². The van der Waals surface area contributed by atoms with E-state index in [1.165, 1.54) is 5.56 Å². The molecule has 1 aliphatic rings. The Labute approximate surface area is 134 Å². The standard InChI is InChI=1S/C18H29N3O/c1-15-13-17(9-11-19-15)18(22)20-10-6-12-21(2)14-16-7-4-3-5-8-16/h3-5,7-8,15,17,19H,6,9-14H2,1-2H3,(H,20,22)/t15-,17-/m0/s1. The van der Waals surface area contributed by atoms with E-state index in [0.29, 0.717) is 6.04 Å². The van der Waals surface area contributed by atoms with Crippen LogP contribution in [-0.2, 0) is 11.3 Å². The van der Waals surface area contributed by atoms with Crippen molar-refractivity contribution in [2.75, 3.05) is 26.7 Å². The highest BCUT2D eigenvalue weighted by molar-refractivity contribution is 5.78. The molecule has 0 aliphatic carbocycles. The van der Waals surface area contributed by atoms with E-state index in [9.17, 15) is 4.79 Å². The van der Waals surface area contributed by atoms with Crippen LogP contribution in [0, 0.1) is 5.92 Å². The van der Waals surface area contributed by atoms with Crippen LogP contribution in [0.25, 0.3) is 0 Å². The third-order valence-electron chi connectivity index (χ3n) is 4.31. The molecule has 22 heavy (non-hydrogen) atoms. The highest BCUT2D eigenvalue weighted by Crippen LogP contribution is 2.15. The summed E-state index contributed by atoms with van der Waals surface area (Å²) >= 11 is 0. The molecule has 4 heteroatoms. The van der Waals surface area contributed by atoms with E-state index in [1.54, 1.807) is 0 Å². The molecule has 2 atom stereocenters. The van der Waals surface area contributed by atoms with Gasteiger partial charge in [-0.25, -0.2) is 0 Å². The van der Waals surface area contributed by atoms with Crippen LogP contribution in [0.1, 0.15) is 31.7 Å². The average molecular weight is 303 g/mol. The molecule has 122 valence electrons. The summed E-state index contributed by atoms with van der Waals surface area (Å²) in [4.78, 5) is 14.4. The van der Waals surface area contributed by atoms with Gasteiger partial charge in [-0.1, -0.05) is 30.3 Å². The molecule has 1 fully saturated rings. The first-order valence-electron chi connectivity index (χ1n) is 8.38. The van der Waals surface area contributed by atoms with Crippen molar-refractivity contribution >= 4 is 5.91 Å². The van der Waals surface area contributed by atoms with Gasteiger partial charge in [-0.3, -0.25) is 4.79 Å². The second-order valence-corrected chi connectivity index (χ2v) is 6.44. The number of piperidine rings is 1. The number of rotatable bonds is 7. The van der Waals surface area contributed by atoms with E-state index in [0.717, 1.165) is 45.4 Å². The maximum Gasteiger partial charge on any atom is 0.223 e. The first-order chi connectivity index (χ1) is 10.6. The fourth-order valence-corrected chi connectivity index (χ4v) is 3.05. The van der Waals surface area contributed by atoms with Crippen molar-refractivity contribution in [1.29, 1.82) is 0 Å². The van der Waals surface area contributed by atoms with Gasteiger partial charge in [0.2, 0.25) is 5.91 Å². The third-order valence-corrected chi connectivity index (χ3v) is 4.31. The highest BCUT2D eigenvalue weighted by atomic mass is 16.1. The molecule has 1 heterocycles. The second-order valence-electron chi connectivity index (χ2n) is 6.44. The maximum absolute atomic E-state index is 12.1. The summed E-state index contributed by atoms with van der Waals surface area (Å²) in [6, 6.07) is 10.9. The van der Waals surface area contributed by atoms with Crippen molar-refractivity contribution in [2.45, 2.75) is 38.8 Å². The van der Waals surface area contributed by atoms with Crippen LogP contribution >= 0.6 is 0 Å². The smallest absolute Gasteiger partial charge is 0.223 e. The van der Waals surface area contributed by atoms with E-state index in [2.05, 4.69) is 53.8 Å². The van der Waals surface area contributed by atoms with Gasteiger partial charge in [-0.15, -0.1) is 0 Å². The number of nitrogens with zero attached hydrogens (tertiary/aromatic N) is 1. The molecule has 0 bridgehead atoms. The molecule has 1 saturated heterocycles. The number of carbonyl (C=O) groups excluding carboxylic acids is 1. The summed E-state index contributed by atoms with van der Waals surface area (Å²) in [5, 5.41) is 6.48. The van der Waals surface area contributed by atoms with E-state index >= 15 is 0 Å². The molecule has 0 aromatic heterocycles. The van der Waals surface area contributed by atoms with Crippen LogP contribution in [0.3, 0.4) is 0 Å². The summed E-state index contributed by atoms with van der Waals surface area (Å²) in [6.45, 7) is 5.84. The summed E-state index contributed by atoms with van der Waals surface area (Å²) in [5.74, 6) is 0.428. The predicted molar refractivity (Wildman–Crippen MR) is 90.6 cm³/mol. The minimum atomic E-state index is 0.193. The zero-order valence-electron chi connectivity index (χ0n) is 13.8. The fraction of sp³-hybridized carbons (Fsp3) is 0.611. The van der Waals surface area contributed by atoms with Crippen LogP contribution in [0.4, 0.5) is 0 Å². The first kappa shape index (κ1) is 17.0. The Morgan fingerprint density at radius 2 is 2.14 bits per heavy atom. The minimum absolute atomic E-state index is 0.193. The van der Waals surface area contributed by atoms with Gasteiger partial charge in [0.15, 0.2) is 0 Å². The molecule has 0 saturated carbocycles. The Bertz CT molecular complexity index is 449. The molecule has 1 aromatic carbocycles. The van der Waals surface area contributed by atoms with E-state index in [-0.39, 0.29) is 11.8 Å². The van der Waals surface area contributed by atoms with Gasteiger partial charge < -0.3 is 15.5 Å². The lowest BCUT2D eigenvalue weighted by molar-refractivity contribution is -0.126. The van der Waals surface area contributed by atoms with Gasteiger partial charge in [-0.05, 0) is 51.9 Å². The van der Waals surface area contributed by atoms with E-state index in [4.69, 9.17) is 0 Å². The minimum Gasteiger partial charge on any atom is -0.356 e. The molecule has 2 rings (SSSR count). The number of hydrogen-bond donors (Lipinski definition) is 2. The van der Waals surface area contributed by atoms with Crippen molar-refractivity contribution in [3.8, 4) is 0 Å². The van der Waals surface area contributed by atoms with Crippen LogP contribution in [0.15, 0.2) is 30.3 Å². The van der Waals surface area contributed by atoms with Crippen LogP contribution < -0.4 is 10.6 Å². The second kappa shape index (κ2) is 8.91. The number of amides is 1. The molecule has 0 radical (unpaired) electrons. The topological polar surface area (TPSA) is 44.4 Å². The van der Waals surface area contributed by atoms with Crippen LogP contribution in [-0.4, -0.2) is 43.5 Å². The number of nitrogens with one attached hydrogen (secondary N) is 2. The Kier molecular flexibility index (Phi) is 6.87. The molecule has 1 amide bonds. The predicted octanol–water partition coefficient (Wildman–Crippen LogP) is 2.01. The SMILES string of the molecule is C[C@H]1C[C@@H](C(=O)NCCCN(C)Cc2ccccc2)CCN1. The van der Waals surface area contributed by atoms with Crippen LogP contribution in [0.2, 0.25) is 0 Å². The molecule has 0 spiro atoms. The molecule has 1 aromatic rings. The summed E-state index contributed by atoms with van der Waals surface area (Å²) in [6.07, 6.45) is 2.92. The number of benzene rings is 1. The normalized spacial score (nSPS) is 21.8. The lowest BCUT2D eigenvalue weighted by atomic mass is 9.92. The van der Waals surface area contributed by atoms with E-state index < -0.39 is 0 Å². The monoisotopic (exact) mass is 303 g/mol. The molecule has 4 nitrogen and oxygen atoms in total. The summed E-state index contributed by atoms with van der Waals surface area (Å²) < 4.78 is 0. The largest absolute Gasteiger partial charge is 0.356 e. The first-order valence-corrected chi connectivity index (χ1v) is 8.38. The third kappa shape index (κ3) is 5.78. The Hall–Kier alpha value is -1.39. The van der Waals surface area contributed by atoms with Crippen molar-refractivity contribution in [3.05, 3.63) is 35.9 Å². The van der Waals surface area contributed by atoms with Gasteiger partial charge in [-0.2, -0.15) is 0 Å². The van der Waals surface area contributed by atoms with Gasteiger partial charge in [0.05, 0.1) is 0 Å². The lowest BCUT2D eigenvalue weighted by Crippen LogP contribution is -2.42.